The molecule has 1 aromatic carbocycles. The van der Waals surface area contributed by atoms with E-state index in [2.05, 4.69) is 10.6 Å². The average Bonchev–Trinajstić information content (AvgIpc) is 2.74. The van der Waals surface area contributed by atoms with Crippen molar-refractivity contribution in [2.45, 2.75) is 64.3 Å². The van der Waals surface area contributed by atoms with Crippen molar-refractivity contribution < 1.29 is 37.0 Å². The molecule has 0 aromatic heterocycles. The number of alkyl halides is 3. The van der Waals surface area contributed by atoms with Crippen molar-refractivity contribution in [3.05, 3.63) is 23.8 Å². The Morgan fingerprint density at radius 3 is 2.29 bits per heavy atom. The number of nitrogens with one attached hydrogen (secondary N) is 2. The molecule has 1 heterocycles. The summed E-state index contributed by atoms with van der Waals surface area (Å²) >= 11 is 0. The number of anilines is 2. The maximum atomic E-state index is 13.7. The molecule has 0 saturated carbocycles. The van der Waals surface area contributed by atoms with E-state index in [9.17, 15) is 27.6 Å². The van der Waals surface area contributed by atoms with Gasteiger partial charge in [-0.15, -0.1) is 0 Å². The molecule has 1 aliphatic heterocycles. The minimum absolute atomic E-state index is 0.0200. The van der Waals surface area contributed by atoms with E-state index in [1.165, 1.54) is 12.1 Å². The van der Waals surface area contributed by atoms with Gasteiger partial charge in [-0.3, -0.25) is 14.4 Å². The van der Waals surface area contributed by atoms with Gasteiger partial charge in [-0.05, 0) is 58.2 Å². The molecular formula is C23H32F3N3O5. The zero-order valence-corrected chi connectivity index (χ0v) is 19.9. The van der Waals surface area contributed by atoms with Gasteiger partial charge in [0.2, 0.25) is 0 Å². The third-order valence-electron chi connectivity index (χ3n) is 5.15. The summed E-state index contributed by atoms with van der Waals surface area (Å²) in [6, 6.07) is 3.45. The van der Waals surface area contributed by atoms with Crippen molar-refractivity contribution in [1.29, 1.82) is 0 Å². The number of piperidine rings is 1. The fourth-order valence-electron chi connectivity index (χ4n) is 3.54. The Morgan fingerprint density at radius 1 is 1.09 bits per heavy atom. The van der Waals surface area contributed by atoms with Crippen LogP contribution in [0.5, 0.6) is 0 Å². The summed E-state index contributed by atoms with van der Waals surface area (Å²) in [5.41, 5.74) is -1.63. The Balaban J connectivity index is 1.94. The van der Waals surface area contributed by atoms with Gasteiger partial charge < -0.3 is 25.0 Å². The number of esters is 1. The van der Waals surface area contributed by atoms with Gasteiger partial charge in [0.15, 0.2) is 0 Å². The van der Waals surface area contributed by atoms with Gasteiger partial charge >= 0.3 is 24.0 Å². The highest BCUT2D eigenvalue weighted by molar-refractivity contribution is 6.39. The zero-order chi connectivity index (χ0) is 25.5. The first-order valence-corrected chi connectivity index (χ1v) is 11.1. The van der Waals surface area contributed by atoms with E-state index in [4.69, 9.17) is 9.47 Å². The topological polar surface area (TPSA) is 97.0 Å². The Hall–Kier alpha value is -2.82. The number of amides is 2. The second-order valence-corrected chi connectivity index (χ2v) is 9.05. The molecule has 1 aromatic rings. The molecule has 2 rings (SSSR count). The van der Waals surface area contributed by atoms with E-state index >= 15 is 0 Å². The van der Waals surface area contributed by atoms with Crippen molar-refractivity contribution in [3.63, 3.8) is 0 Å². The van der Waals surface area contributed by atoms with E-state index in [-0.39, 0.29) is 36.9 Å². The van der Waals surface area contributed by atoms with Crippen molar-refractivity contribution >= 4 is 29.2 Å². The third kappa shape index (κ3) is 8.51. The Labute approximate surface area is 197 Å². The van der Waals surface area contributed by atoms with Gasteiger partial charge in [0, 0.05) is 44.5 Å². The largest absolute Gasteiger partial charge is 0.460 e. The van der Waals surface area contributed by atoms with Crippen LogP contribution in [-0.2, 0) is 30.0 Å². The van der Waals surface area contributed by atoms with Crippen LogP contribution in [0.3, 0.4) is 0 Å². The van der Waals surface area contributed by atoms with Crippen molar-refractivity contribution in [3.8, 4) is 0 Å². The molecule has 1 fully saturated rings. The molecule has 2 amide bonds. The molecule has 11 heteroatoms. The van der Waals surface area contributed by atoms with Gasteiger partial charge in [-0.1, -0.05) is 0 Å². The number of hydrogen-bond acceptors (Lipinski definition) is 6. The molecule has 34 heavy (non-hydrogen) atoms. The van der Waals surface area contributed by atoms with Crippen molar-refractivity contribution in [1.82, 2.24) is 5.32 Å². The van der Waals surface area contributed by atoms with Crippen molar-refractivity contribution in [2.24, 2.45) is 0 Å². The minimum atomic E-state index is -4.64. The highest BCUT2D eigenvalue weighted by Gasteiger charge is 2.36. The number of methoxy groups -OCH3 is 1. The molecule has 2 N–H and O–H groups in total. The second kappa shape index (κ2) is 11.5. The molecule has 0 atom stereocenters. The SMILES string of the molecule is COC1CCN(c2ccc(NC(=O)C(=O)NCCCC(=O)OC(C)(C)C)cc2C(F)(F)F)CC1. The summed E-state index contributed by atoms with van der Waals surface area (Å²) in [7, 11) is 1.58. The number of ether oxygens (including phenoxy) is 2. The minimum Gasteiger partial charge on any atom is -0.460 e. The van der Waals surface area contributed by atoms with E-state index in [0.717, 1.165) is 6.07 Å². The van der Waals surface area contributed by atoms with Crippen LogP contribution in [0.25, 0.3) is 0 Å². The smallest absolute Gasteiger partial charge is 0.418 e. The highest BCUT2D eigenvalue weighted by atomic mass is 19.4. The summed E-state index contributed by atoms with van der Waals surface area (Å²) in [4.78, 5) is 37.4. The quantitative estimate of drug-likeness (QED) is 0.347. The second-order valence-electron chi connectivity index (χ2n) is 9.05. The van der Waals surface area contributed by atoms with E-state index < -0.39 is 35.1 Å². The maximum Gasteiger partial charge on any atom is 0.418 e. The Morgan fingerprint density at radius 2 is 1.74 bits per heavy atom. The van der Waals surface area contributed by atoms with E-state index in [1.807, 2.05) is 0 Å². The molecular weight excluding hydrogens is 455 g/mol. The number of halogens is 3. The standard InChI is InChI=1S/C23H32F3N3O5/c1-22(2,3)34-19(30)6-5-11-27-20(31)21(32)28-15-7-8-18(17(14-15)23(24,25)26)29-12-9-16(33-4)10-13-29/h7-8,14,16H,5-6,9-13H2,1-4H3,(H,27,31)(H,28,32). The summed E-state index contributed by atoms with van der Waals surface area (Å²) in [6.45, 7) is 6.07. The average molecular weight is 488 g/mol. The highest BCUT2D eigenvalue weighted by Crippen LogP contribution is 2.39. The first kappa shape index (κ1) is 27.4. The lowest BCUT2D eigenvalue weighted by Gasteiger charge is -2.34. The predicted octanol–water partition coefficient (Wildman–Crippen LogP) is 3.50. The Bertz CT molecular complexity index is 876. The molecule has 0 aliphatic carbocycles. The number of rotatable bonds is 7. The molecule has 8 nitrogen and oxygen atoms in total. The van der Waals surface area contributed by atoms with Crippen LogP contribution in [0, 0.1) is 0 Å². The number of benzene rings is 1. The van der Waals surface area contributed by atoms with Crippen LogP contribution in [0.15, 0.2) is 18.2 Å². The molecule has 0 unspecified atom stereocenters. The molecule has 190 valence electrons. The van der Waals surface area contributed by atoms with Crippen LogP contribution < -0.4 is 15.5 Å². The molecule has 0 spiro atoms. The van der Waals surface area contributed by atoms with Gasteiger partial charge in [0.1, 0.15) is 5.60 Å². The Kier molecular flexibility index (Phi) is 9.31. The van der Waals surface area contributed by atoms with Crippen LogP contribution in [0.2, 0.25) is 0 Å². The zero-order valence-electron chi connectivity index (χ0n) is 19.9. The predicted molar refractivity (Wildman–Crippen MR) is 120 cm³/mol. The van der Waals surface area contributed by atoms with Crippen LogP contribution >= 0.6 is 0 Å². The number of carbonyl (C=O) groups is 3. The molecule has 0 bridgehead atoms. The lowest BCUT2D eigenvalue weighted by Crippen LogP contribution is -2.38. The fourth-order valence-corrected chi connectivity index (χ4v) is 3.54. The number of carbonyl (C=O) groups excluding carboxylic acids is 3. The van der Waals surface area contributed by atoms with Gasteiger partial charge in [0.25, 0.3) is 0 Å². The molecule has 0 radical (unpaired) electrons. The van der Waals surface area contributed by atoms with Gasteiger partial charge in [0.05, 0.1) is 11.7 Å². The van der Waals surface area contributed by atoms with Gasteiger partial charge in [-0.25, -0.2) is 0 Å². The normalized spacial score (nSPS) is 15.1. The summed E-state index contributed by atoms with van der Waals surface area (Å²) in [5.74, 6) is -2.54. The third-order valence-corrected chi connectivity index (χ3v) is 5.15. The summed E-state index contributed by atoms with van der Waals surface area (Å²) < 4.78 is 51.6. The van der Waals surface area contributed by atoms with Crippen LogP contribution in [0.1, 0.15) is 52.0 Å². The van der Waals surface area contributed by atoms with E-state index in [1.54, 1.807) is 32.8 Å². The molecule has 1 aliphatic rings. The lowest BCUT2D eigenvalue weighted by molar-refractivity contribution is -0.155. The number of hydrogen-bond donors (Lipinski definition) is 2. The van der Waals surface area contributed by atoms with Crippen LogP contribution in [-0.4, -0.2) is 56.2 Å². The van der Waals surface area contributed by atoms with Crippen molar-refractivity contribution in [2.75, 3.05) is 37.0 Å². The maximum absolute atomic E-state index is 13.7. The van der Waals surface area contributed by atoms with E-state index in [0.29, 0.717) is 25.9 Å². The number of nitrogens with zero attached hydrogens (tertiary/aromatic N) is 1. The lowest BCUT2D eigenvalue weighted by atomic mass is 10.0. The first-order chi connectivity index (χ1) is 15.8. The van der Waals surface area contributed by atoms with Crippen LogP contribution in [0.4, 0.5) is 24.5 Å². The fraction of sp³-hybridized carbons (Fsp3) is 0.609. The van der Waals surface area contributed by atoms with Gasteiger partial charge in [-0.2, -0.15) is 13.2 Å². The summed E-state index contributed by atoms with van der Waals surface area (Å²) in [5, 5.41) is 4.54. The molecule has 1 saturated heterocycles. The summed E-state index contributed by atoms with van der Waals surface area (Å²) in [6.07, 6.45) is -3.09. The monoisotopic (exact) mass is 487 g/mol. The first-order valence-electron chi connectivity index (χ1n) is 11.1.